The second-order valence-electron chi connectivity index (χ2n) is 3.68. The Morgan fingerprint density at radius 1 is 1.24 bits per heavy atom. The molecule has 0 aliphatic rings. The van der Waals surface area contributed by atoms with E-state index < -0.39 is 0 Å². The molecule has 0 fully saturated rings. The number of para-hydroxylation sites is 1. The van der Waals surface area contributed by atoms with Crippen LogP contribution in [0.4, 0.5) is 0 Å². The van der Waals surface area contributed by atoms with E-state index in [4.69, 9.17) is 10.00 Å². The Bertz CT molecular complexity index is 585. The molecule has 0 atom stereocenters. The highest BCUT2D eigenvalue weighted by Gasteiger charge is 2.10. The lowest BCUT2D eigenvalue weighted by Gasteiger charge is -2.09. The van der Waals surface area contributed by atoms with Crippen LogP contribution in [0.25, 0.3) is 11.1 Å². The molecule has 1 aromatic heterocycles. The van der Waals surface area contributed by atoms with Gasteiger partial charge in [-0.05, 0) is 19.1 Å². The minimum absolute atomic E-state index is 0.556. The van der Waals surface area contributed by atoms with Crippen LogP contribution >= 0.6 is 0 Å². The van der Waals surface area contributed by atoms with Gasteiger partial charge in [-0.25, -0.2) is 0 Å². The third kappa shape index (κ3) is 2.11. The molecule has 1 heterocycles. The van der Waals surface area contributed by atoms with Gasteiger partial charge in [-0.1, -0.05) is 18.2 Å². The topological polar surface area (TPSA) is 45.9 Å². The minimum Gasteiger partial charge on any atom is -0.496 e. The standard InChI is InChI=1S/C14H12N2O/c1-10-7-13(11(8-15)9-16-10)12-5-3-4-6-14(12)17-2/h3-7,9H,1-2H3. The first-order valence-electron chi connectivity index (χ1n) is 5.26. The third-order valence-corrected chi connectivity index (χ3v) is 2.56. The first-order chi connectivity index (χ1) is 8.26. The van der Waals surface area contributed by atoms with Gasteiger partial charge in [-0.3, -0.25) is 4.98 Å². The lowest BCUT2D eigenvalue weighted by molar-refractivity contribution is 0.416. The normalized spacial score (nSPS) is 9.71. The predicted molar refractivity (Wildman–Crippen MR) is 65.7 cm³/mol. The van der Waals surface area contributed by atoms with Gasteiger partial charge in [-0.15, -0.1) is 0 Å². The summed E-state index contributed by atoms with van der Waals surface area (Å²) in [5, 5.41) is 9.10. The summed E-state index contributed by atoms with van der Waals surface area (Å²) in [6, 6.07) is 11.7. The molecule has 1 aromatic carbocycles. The minimum atomic E-state index is 0.556. The molecule has 0 radical (unpaired) electrons. The van der Waals surface area contributed by atoms with Crippen molar-refractivity contribution in [3.05, 3.63) is 47.8 Å². The number of aryl methyl sites for hydroxylation is 1. The maximum atomic E-state index is 9.10. The van der Waals surface area contributed by atoms with Gasteiger partial charge in [0, 0.05) is 23.0 Å². The Morgan fingerprint density at radius 3 is 2.71 bits per heavy atom. The summed E-state index contributed by atoms with van der Waals surface area (Å²) >= 11 is 0. The molecule has 0 bridgehead atoms. The summed E-state index contributed by atoms with van der Waals surface area (Å²) in [7, 11) is 1.62. The summed E-state index contributed by atoms with van der Waals surface area (Å²) in [4.78, 5) is 4.13. The van der Waals surface area contributed by atoms with E-state index >= 15 is 0 Å². The number of nitriles is 1. The van der Waals surface area contributed by atoms with Crippen molar-refractivity contribution in [3.8, 4) is 22.9 Å². The van der Waals surface area contributed by atoms with E-state index in [-0.39, 0.29) is 0 Å². The summed E-state index contributed by atoms with van der Waals surface area (Å²) in [5.74, 6) is 0.759. The summed E-state index contributed by atoms with van der Waals surface area (Å²) in [6.07, 6.45) is 1.59. The Labute approximate surface area is 100 Å². The highest BCUT2D eigenvalue weighted by atomic mass is 16.5. The summed E-state index contributed by atoms with van der Waals surface area (Å²) in [5.41, 5.74) is 3.21. The van der Waals surface area contributed by atoms with Gasteiger partial charge in [0.05, 0.1) is 12.7 Å². The van der Waals surface area contributed by atoms with Crippen molar-refractivity contribution < 1.29 is 4.74 Å². The van der Waals surface area contributed by atoms with Gasteiger partial charge in [-0.2, -0.15) is 5.26 Å². The number of nitrogens with zero attached hydrogens (tertiary/aromatic N) is 2. The fourth-order valence-electron chi connectivity index (χ4n) is 1.74. The number of rotatable bonds is 2. The zero-order chi connectivity index (χ0) is 12.3. The Balaban J connectivity index is 2.68. The van der Waals surface area contributed by atoms with Crippen LogP contribution < -0.4 is 4.74 Å². The lowest BCUT2D eigenvalue weighted by Crippen LogP contribution is -1.92. The van der Waals surface area contributed by atoms with E-state index in [0.717, 1.165) is 22.6 Å². The van der Waals surface area contributed by atoms with Gasteiger partial charge in [0.25, 0.3) is 0 Å². The first-order valence-corrected chi connectivity index (χ1v) is 5.26. The Hall–Kier alpha value is -2.34. The summed E-state index contributed by atoms with van der Waals surface area (Å²) < 4.78 is 5.31. The number of pyridine rings is 1. The van der Waals surface area contributed by atoms with E-state index in [1.54, 1.807) is 13.3 Å². The molecule has 17 heavy (non-hydrogen) atoms. The van der Waals surface area contributed by atoms with Gasteiger partial charge in [0.1, 0.15) is 11.8 Å². The number of aromatic nitrogens is 1. The number of ether oxygens (including phenoxy) is 1. The molecule has 0 spiro atoms. The molecule has 0 aliphatic carbocycles. The van der Waals surface area contributed by atoms with Gasteiger partial charge < -0.3 is 4.74 Å². The number of methoxy groups -OCH3 is 1. The van der Waals surface area contributed by atoms with Crippen LogP contribution in [0.5, 0.6) is 5.75 Å². The highest BCUT2D eigenvalue weighted by molar-refractivity contribution is 5.75. The van der Waals surface area contributed by atoms with Crippen LogP contribution in [-0.2, 0) is 0 Å². The molecule has 0 aliphatic heterocycles. The predicted octanol–water partition coefficient (Wildman–Crippen LogP) is 2.94. The molecular weight excluding hydrogens is 212 g/mol. The quantitative estimate of drug-likeness (QED) is 0.787. The molecule has 2 aromatic rings. The second-order valence-corrected chi connectivity index (χ2v) is 3.68. The first kappa shape index (κ1) is 11.2. The molecule has 0 unspecified atom stereocenters. The van der Waals surface area contributed by atoms with Crippen molar-refractivity contribution in [2.75, 3.05) is 7.11 Å². The zero-order valence-electron chi connectivity index (χ0n) is 9.77. The summed E-state index contributed by atoms with van der Waals surface area (Å²) in [6.45, 7) is 1.90. The molecule has 0 saturated carbocycles. The fraction of sp³-hybridized carbons (Fsp3) is 0.143. The molecular formula is C14H12N2O. The van der Waals surface area contributed by atoms with Crippen molar-refractivity contribution in [1.29, 1.82) is 5.26 Å². The smallest absolute Gasteiger partial charge is 0.126 e. The highest BCUT2D eigenvalue weighted by Crippen LogP contribution is 2.31. The maximum absolute atomic E-state index is 9.10. The van der Waals surface area contributed by atoms with Crippen LogP contribution in [0, 0.1) is 18.3 Å². The van der Waals surface area contributed by atoms with Crippen LogP contribution in [0.3, 0.4) is 0 Å². The molecule has 3 nitrogen and oxygen atoms in total. The SMILES string of the molecule is COc1ccccc1-c1cc(C)ncc1C#N. The van der Waals surface area contributed by atoms with Crippen molar-refractivity contribution in [3.63, 3.8) is 0 Å². The van der Waals surface area contributed by atoms with Crippen molar-refractivity contribution in [2.24, 2.45) is 0 Å². The monoisotopic (exact) mass is 224 g/mol. The zero-order valence-corrected chi connectivity index (χ0v) is 9.77. The Morgan fingerprint density at radius 2 is 2.00 bits per heavy atom. The number of benzene rings is 1. The third-order valence-electron chi connectivity index (χ3n) is 2.56. The molecule has 2 rings (SSSR count). The van der Waals surface area contributed by atoms with Gasteiger partial charge in [0.15, 0.2) is 0 Å². The van der Waals surface area contributed by atoms with Crippen molar-refractivity contribution >= 4 is 0 Å². The van der Waals surface area contributed by atoms with Crippen LogP contribution in [0.15, 0.2) is 36.5 Å². The van der Waals surface area contributed by atoms with Gasteiger partial charge >= 0.3 is 0 Å². The Kier molecular flexibility index (Phi) is 3.06. The van der Waals surface area contributed by atoms with E-state index in [9.17, 15) is 0 Å². The molecule has 0 amide bonds. The maximum Gasteiger partial charge on any atom is 0.126 e. The van der Waals surface area contributed by atoms with Crippen LogP contribution in [0.2, 0.25) is 0 Å². The van der Waals surface area contributed by atoms with E-state index in [0.29, 0.717) is 5.56 Å². The van der Waals surface area contributed by atoms with E-state index in [1.165, 1.54) is 0 Å². The second kappa shape index (κ2) is 4.67. The van der Waals surface area contributed by atoms with E-state index in [2.05, 4.69) is 11.1 Å². The van der Waals surface area contributed by atoms with Crippen LogP contribution in [0.1, 0.15) is 11.3 Å². The molecule has 3 heteroatoms. The fourth-order valence-corrected chi connectivity index (χ4v) is 1.74. The van der Waals surface area contributed by atoms with E-state index in [1.807, 2.05) is 37.3 Å². The van der Waals surface area contributed by atoms with Crippen LogP contribution in [-0.4, -0.2) is 12.1 Å². The average Bonchev–Trinajstić information content (AvgIpc) is 2.38. The largest absolute Gasteiger partial charge is 0.496 e. The average molecular weight is 224 g/mol. The van der Waals surface area contributed by atoms with Gasteiger partial charge in [0.2, 0.25) is 0 Å². The lowest BCUT2D eigenvalue weighted by atomic mass is 10.0. The molecule has 0 N–H and O–H groups in total. The molecule has 84 valence electrons. The van der Waals surface area contributed by atoms with Crippen molar-refractivity contribution in [1.82, 2.24) is 4.98 Å². The number of hydrogen-bond acceptors (Lipinski definition) is 3. The molecule has 0 saturated heterocycles. The van der Waals surface area contributed by atoms with Crippen molar-refractivity contribution in [2.45, 2.75) is 6.92 Å². The number of hydrogen-bond donors (Lipinski definition) is 0.